The summed E-state index contributed by atoms with van der Waals surface area (Å²) in [6.07, 6.45) is 1.03. The van der Waals surface area contributed by atoms with Crippen LogP contribution in [0.1, 0.15) is 54.4 Å². The maximum Gasteiger partial charge on any atom is 0.416 e. The lowest BCUT2D eigenvalue weighted by Crippen LogP contribution is -2.44. The molecule has 208 valence electrons. The van der Waals surface area contributed by atoms with Crippen LogP contribution in [0.15, 0.2) is 48.9 Å². The van der Waals surface area contributed by atoms with Crippen LogP contribution < -0.4 is 11.1 Å². The first-order valence-electron chi connectivity index (χ1n) is 12.5. The lowest BCUT2D eigenvalue weighted by atomic mass is 9.92. The molecular formula is C27H25F4N7O2. The van der Waals surface area contributed by atoms with Gasteiger partial charge >= 0.3 is 6.18 Å². The summed E-state index contributed by atoms with van der Waals surface area (Å²) in [5, 5.41) is 2.26. The van der Waals surface area contributed by atoms with Gasteiger partial charge in [-0.05, 0) is 50.1 Å². The Morgan fingerprint density at radius 3 is 2.58 bits per heavy atom. The second kappa shape index (κ2) is 10.2. The average molecular weight is 556 g/mol. The number of nitrogens with two attached hydrogens (primary N) is 1. The number of nitrogen functional groups attached to an aromatic ring is 1. The molecule has 0 aliphatic carbocycles. The summed E-state index contributed by atoms with van der Waals surface area (Å²) >= 11 is 0. The van der Waals surface area contributed by atoms with Crippen molar-refractivity contribution in [3.63, 3.8) is 0 Å². The zero-order chi connectivity index (χ0) is 28.8. The van der Waals surface area contributed by atoms with Crippen molar-refractivity contribution in [2.45, 2.75) is 44.8 Å². The molecule has 13 heteroatoms. The van der Waals surface area contributed by atoms with E-state index in [0.29, 0.717) is 24.0 Å². The number of amides is 2. The van der Waals surface area contributed by atoms with E-state index in [2.05, 4.69) is 15.3 Å². The van der Waals surface area contributed by atoms with Crippen molar-refractivity contribution in [3.05, 3.63) is 71.7 Å². The van der Waals surface area contributed by atoms with Crippen LogP contribution in [0.5, 0.6) is 0 Å². The molecule has 3 N–H and O–H groups in total. The third kappa shape index (κ3) is 5.06. The van der Waals surface area contributed by atoms with E-state index in [4.69, 9.17) is 10.7 Å². The van der Waals surface area contributed by atoms with Crippen LogP contribution >= 0.6 is 0 Å². The van der Waals surface area contributed by atoms with Gasteiger partial charge in [-0.15, -0.1) is 0 Å². The Hall–Kier alpha value is -4.55. The normalized spacial score (nSPS) is 17.7. The highest BCUT2D eigenvalue weighted by Crippen LogP contribution is 2.36. The fourth-order valence-electron chi connectivity index (χ4n) is 5.03. The summed E-state index contributed by atoms with van der Waals surface area (Å²) in [5.41, 5.74) is 5.74. The van der Waals surface area contributed by atoms with E-state index in [1.165, 1.54) is 25.3 Å². The van der Waals surface area contributed by atoms with Crippen LogP contribution in [0.25, 0.3) is 16.8 Å². The monoisotopic (exact) mass is 555 g/mol. The topological polar surface area (TPSA) is 119 Å². The van der Waals surface area contributed by atoms with Crippen LogP contribution in [0, 0.1) is 5.82 Å². The first-order chi connectivity index (χ1) is 18.9. The maximum atomic E-state index is 15.5. The number of hydrogen-bond donors (Lipinski definition) is 2. The van der Waals surface area contributed by atoms with Crippen molar-refractivity contribution in [3.8, 4) is 11.3 Å². The Balaban J connectivity index is 1.48. The third-order valence-corrected chi connectivity index (χ3v) is 7.08. The number of benzene rings is 1. The summed E-state index contributed by atoms with van der Waals surface area (Å²) in [6, 6.07) is 5.21. The molecule has 0 spiro atoms. The predicted octanol–water partition coefficient (Wildman–Crippen LogP) is 4.90. The zero-order valence-electron chi connectivity index (χ0n) is 21.5. The van der Waals surface area contributed by atoms with Crippen LogP contribution in [0.3, 0.4) is 0 Å². The summed E-state index contributed by atoms with van der Waals surface area (Å²) in [6.45, 7) is 3.96. The lowest BCUT2D eigenvalue weighted by molar-refractivity contribution is -0.137. The molecule has 0 bridgehead atoms. The van der Waals surface area contributed by atoms with E-state index < -0.39 is 23.5 Å². The number of nitrogens with one attached hydrogen (secondary N) is 1. The largest absolute Gasteiger partial charge is 0.416 e. The predicted molar refractivity (Wildman–Crippen MR) is 139 cm³/mol. The van der Waals surface area contributed by atoms with E-state index in [0.717, 1.165) is 31.2 Å². The number of pyridine rings is 1. The zero-order valence-corrected chi connectivity index (χ0v) is 21.5. The molecule has 3 aromatic heterocycles. The molecule has 0 unspecified atom stereocenters. The number of fused-ring (bicyclic) bond motifs is 1. The quantitative estimate of drug-likeness (QED) is 0.346. The minimum absolute atomic E-state index is 0.0419. The molecule has 2 atom stereocenters. The minimum atomic E-state index is -4.61. The fraction of sp³-hybridized carbons (Fsp3) is 0.296. The molecule has 0 radical (unpaired) electrons. The number of hydrogen-bond acceptors (Lipinski definition) is 6. The number of carbonyl (C=O) groups excluding carboxylic acids is 2. The number of imidazole rings is 1. The Morgan fingerprint density at radius 1 is 1.10 bits per heavy atom. The van der Waals surface area contributed by atoms with Crippen molar-refractivity contribution in [2.75, 3.05) is 17.6 Å². The highest BCUT2D eigenvalue weighted by atomic mass is 19.4. The molecule has 4 heterocycles. The number of piperidine rings is 1. The highest BCUT2D eigenvalue weighted by Gasteiger charge is 2.33. The Kier molecular flexibility index (Phi) is 6.90. The first-order valence-corrected chi connectivity index (χ1v) is 12.5. The van der Waals surface area contributed by atoms with Crippen molar-refractivity contribution in [1.29, 1.82) is 0 Å². The molecule has 0 saturated carbocycles. The Labute approximate surface area is 226 Å². The van der Waals surface area contributed by atoms with Crippen LogP contribution in [-0.4, -0.2) is 48.7 Å². The summed E-state index contributed by atoms with van der Waals surface area (Å²) in [7, 11) is 0. The molecule has 1 aliphatic rings. The van der Waals surface area contributed by atoms with Gasteiger partial charge in [0.05, 0.1) is 5.56 Å². The standard InChI is InChI=1S/C27H25F4N7O2/c1-14-3-4-17(13-38(14)15(2)39)25-36-22(23-24(32)34-9-10-37(23)25)19-6-5-16(11-20(19)28)26(40)35-21-12-18(7-8-33-21)27(29,30)31/h5-12,14,17H,3-4,13H2,1-2H3,(H2,32,34)(H,33,35,40)/t14-,17+/m0/s1. The minimum Gasteiger partial charge on any atom is -0.382 e. The molecule has 5 rings (SSSR count). The summed E-state index contributed by atoms with van der Waals surface area (Å²) in [4.78, 5) is 39.3. The van der Waals surface area contributed by atoms with E-state index in [1.807, 2.05) is 6.92 Å². The van der Waals surface area contributed by atoms with Gasteiger partial charge in [0.2, 0.25) is 5.91 Å². The third-order valence-electron chi connectivity index (χ3n) is 7.08. The maximum absolute atomic E-state index is 15.5. The van der Waals surface area contributed by atoms with Crippen LogP contribution in [-0.2, 0) is 11.0 Å². The molecule has 1 aliphatic heterocycles. The second-order valence-electron chi connectivity index (χ2n) is 9.72. The smallest absolute Gasteiger partial charge is 0.382 e. The second-order valence-corrected chi connectivity index (χ2v) is 9.72. The van der Waals surface area contributed by atoms with Gasteiger partial charge in [0, 0.05) is 55.1 Å². The van der Waals surface area contributed by atoms with Gasteiger partial charge in [-0.2, -0.15) is 13.2 Å². The van der Waals surface area contributed by atoms with Crippen LogP contribution in [0.2, 0.25) is 0 Å². The van der Waals surface area contributed by atoms with Gasteiger partial charge in [-0.25, -0.2) is 19.3 Å². The van der Waals surface area contributed by atoms with E-state index in [9.17, 15) is 22.8 Å². The number of rotatable bonds is 4. The van der Waals surface area contributed by atoms with Gasteiger partial charge < -0.3 is 16.0 Å². The number of carbonyl (C=O) groups is 2. The van der Waals surface area contributed by atoms with Crippen molar-refractivity contribution < 1.29 is 27.2 Å². The molecule has 40 heavy (non-hydrogen) atoms. The lowest BCUT2D eigenvalue weighted by Gasteiger charge is -2.37. The van der Waals surface area contributed by atoms with Gasteiger partial charge in [-0.3, -0.25) is 14.0 Å². The number of nitrogens with zero attached hydrogens (tertiary/aromatic N) is 5. The molecule has 1 fully saturated rings. The van der Waals surface area contributed by atoms with Crippen molar-refractivity contribution in [1.82, 2.24) is 24.3 Å². The molecule has 2 amide bonds. The van der Waals surface area contributed by atoms with Crippen molar-refractivity contribution >= 4 is 29.0 Å². The Morgan fingerprint density at radius 2 is 1.88 bits per heavy atom. The molecule has 1 aromatic carbocycles. The SMILES string of the molecule is CC(=O)N1C[C@H](c2nc(-c3ccc(C(=O)Nc4cc(C(F)(F)F)ccn4)cc3F)c3c(N)nccn23)CC[C@@H]1C. The summed E-state index contributed by atoms with van der Waals surface area (Å²) in [5.74, 6) is -1.39. The Bertz CT molecular complexity index is 1620. The van der Waals surface area contributed by atoms with Gasteiger partial charge in [0.15, 0.2) is 0 Å². The number of alkyl halides is 3. The summed E-state index contributed by atoms with van der Waals surface area (Å²) < 4.78 is 56.2. The number of halogens is 4. The average Bonchev–Trinajstić information content (AvgIpc) is 3.29. The van der Waals surface area contributed by atoms with Gasteiger partial charge in [-0.1, -0.05) is 0 Å². The molecule has 9 nitrogen and oxygen atoms in total. The number of aromatic nitrogens is 4. The number of likely N-dealkylation sites (tertiary alicyclic amines) is 1. The number of anilines is 2. The molecule has 4 aromatic rings. The van der Waals surface area contributed by atoms with E-state index >= 15 is 4.39 Å². The molecular weight excluding hydrogens is 530 g/mol. The first kappa shape index (κ1) is 27.0. The van der Waals surface area contributed by atoms with Crippen LogP contribution in [0.4, 0.5) is 29.2 Å². The van der Waals surface area contributed by atoms with Gasteiger partial charge in [0.25, 0.3) is 5.91 Å². The molecule has 1 saturated heterocycles. The van der Waals surface area contributed by atoms with E-state index in [-0.39, 0.29) is 46.3 Å². The van der Waals surface area contributed by atoms with Gasteiger partial charge in [0.1, 0.15) is 34.5 Å². The van der Waals surface area contributed by atoms with Crippen molar-refractivity contribution in [2.24, 2.45) is 0 Å². The highest BCUT2D eigenvalue weighted by molar-refractivity contribution is 6.04. The van der Waals surface area contributed by atoms with E-state index in [1.54, 1.807) is 15.5 Å². The fourth-order valence-corrected chi connectivity index (χ4v) is 5.03.